The van der Waals surface area contributed by atoms with Crippen LogP contribution in [0.25, 0.3) is 5.57 Å². The fraction of sp³-hybridized carbons (Fsp3) is 0.417. The molecule has 1 aromatic heterocycles. The first kappa shape index (κ1) is 19.5. The van der Waals surface area contributed by atoms with Crippen LogP contribution in [-0.4, -0.2) is 43.9 Å². The molecule has 2 heterocycles. The van der Waals surface area contributed by atoms with Gasteiger partial charge in [0.2, 0.25) is 11.5 Å². The summed E-state index contributed by atoms with van der Waals surface area (Å²) in [6.45, 7) is 4.18. The number of carbonyl (C=O) groups excluding carboxylic acids is 1. The zero-order chi connectivity index (χ0) is 20.2. The Bertz CT molecular complexity index is 959. The Kier molecular flexibility index (Phi) is 5.82. The Labute approximate surface area is 172 Å². The number of benzene rings is 1. The van der Waals surface area contributed by atoms with E-state index in [1.807, 2.05) is 6.07 Å². The highest BCUT2D eigenvalue weighted by atomic mass is 16.3. The summed E-state index contributed by atoms with van der Waals surface area (Å²) < 4.78 is 5.34. The predicted octanol–water partition coefficient (Wildman–Crippen LogP) is 4.29. The van der Waals surface area contributed by atoms with Crippen molar-refractivity contribution in [2.75, 3.05) is 38.1 Å². The molecule has 1 aliphatic carbocycles. The van der Waals surface area contributed by atoms with Gasteiger partial charge < -0.3 is 14.2 Å². The fourth-order valence-corrected chi connectivity index (χ4v) is 4.17. The summed E-state index contributed by atoms with van der Waals surface area (Å²) in [5.41, 5.74) is 4.82. The zero-order valence-corrected chi connectivity index (χ0v) is 17.0. The van der Waals surface area contributed by atoms with E-state index >= 15 is 0 Å². The van der Waals surface area contributed by atoms with Crippen molar-refractivity contribution in [3.8, 4) is 6.07 Å². The van der Waals surface area contributed by atoms with Crippen LogP contribution < -0.4 is 4.90 Å². The van der Waals surface area contributed by atoms with Crippen LogP contribution in [0, 0.1) is 11.3 Å². The number of carbonyl (C=O) groups is 1. The van der Waals surface area contributed by atoms with Gasteiger partial charge in [-0.2, -0.15) is 5.26 Å². The van der Waals surface area contributed by atoms with Gasteiger partial charge in [0, 0.05) is 38.3 Å². The quantitative estimate of drug-likeness (QED) is 0.714. The Morgan fingerprint density at radius 2 is 1.97 bits per heavy atom. The molecule has 0 saturated carbocycles. The van der Waals surface area contributed by atoms with E-state index in [-0.39, 0.29) is 23.7 Å². The molecule has 1 saturated heterocycles. The van der Waals surface area contributed by atoms with Gasteiger partial charge in [-0.1, -0.05) is 12.1 Å². The van der Waals surface area contributed by atoms with Crippen molar-refractivity contribution in [1.82, 2.24) is 4.90 Å². The van der Waals surface area contributed by atoms with E-state index in [2.05, 4.69) is 41.1 Å². The van der Waals surface area contributed by atoms with Crippen molar-refractivity contribution in [2.45, 2.75) is 32.1 Å². The summed E-state index contributed by atoms with van der Waals surface area (Å²) in [6.07, 6.45) is 7.22. The average molecular weight is 389 g/mol. The number of nitrogens with zero attached hydrogens (tertiary/aromatic N) is 3. The molecule has 2 aromatic rings. The van der Waals surface area contributed by atoms with Gasteiger partial charge in [0.25, 0.3) is 0 Å². The molecular formula is C24H27N3O2. The summed E-state index contributed by atoms with van der Waals surface area (Å²) in [5, 5.41) is 8.94. The molecular weight excluding hydrogens is 362 g/mol. The monoisotopic (exact) mass is 389 g/mol. The van der Waals surface area contributed by atoms with Gasteiger partial charge in [-0.15, -0.1) is 0 Å². The minimum atomic E-state index is -0.0866. The molecule has 1 fully saturated rings. The van der Waals surface area contributed by atoms with Gasteiger partial charge in [0.1, 0.15) is 6.07 Å². The van der Waals surface area contributed by atoms with Crippen LogP contribution in [0.3, 0.4) is 0 Å². The van der Waals surface area contributed by atoms with Crippen molar-refractivity contribution in [3.05, 3.63) is 59.1 Å². The number of hydrogen-bond donors (Lipinski definition) is 0. The average Bonchev–Trinajstić information content (AvgIpc) is 3.25. The molecule has 0 amide bonds. The highest BCUT2D eigenvalue weighted by Crippen LogP contribution is 2.33. The second-order valence-electron chi connectivity index (χ2n) is 7.98. The van der Waals surface area contributed by atoms with Crippen molar-refractivity contribution >= 4 is 17.0 Å². The number of allylic oxidation sites excluding steroid dienone is 2. The molecule has 0 N–H and O–H groups in total. The van der Waals surface area contributed by atoms with Crippen molar-refractivity contribution in [1.29, 1.82) is 5.26 Å². The molecule has 0 atom stereocenters. The molecule has 0 radical (unpaired) electrons. The van der Waals surface area contributed by atoms with E-state index in [0.717, 1.165) is 44.6 Å². The van der Waals surface area contributed by atoms with Crippen molar-refractivity contribution < 1.29 is 9.21 Å². The summed E-state index contributed by atoms with van der Waals surface area (Å²) in [5.74, 6) is 0.346. The number of anilines is 1. The third-order valence-corrected chi connectivity index (χ3v) is 5.94. The van der Waals surface area contributed by atoms with Crippen LogP contribution in [0.4, 0.5) is 5.69 Å². The summed E-state index contributed by atoms with van der Waals surface area (Å²) in [6, 6.07) is 11.6. The highest BCUT2D eigenvalue weighted by Gasteiger charge is 2.20. The van der Waals surface area contributed by atoms with Gasteiger partial charge in [-0.25, -0.2) is 0 Å². The molecule has 0 bridgehead atoms. The number of Topliss-reactive ketones (excluding diaryl/α,β-unsaturated/α-hetero) is 1. The third kappa shape index (κ3) is 4.44. The standard InChI is InChI=1S/C24H27N3O2/c1-26-11-13-27(14-12-26)20-8-7-19(22(16-20)18-5-3-2-4-6-18)15-23(28)24-10-9-21(17-25)29-24/h5,7-10,16H,2-4,6,11-15H2,1H3. The van der Waals surface area contributed by atoms with Gasteiger partial charge in [0.05, 0.1) is 0 Å². The van der Waals surface area contributed by atoms with E-state index in [1.54, 1.807) is 12.1 Å². The number of nitriles is 1. The number of piperazine rings is 1. The van der Waals surface area contributed by atoms with Crippen LogP contribution >= 0.6 is 0 Å². The smallest absolute Gasteiger partial charge is 0.204 e. The van der Waals surface area contributed by atoms with Crippen LogP contribution in [0.15, 0.2) is 40.8 Å². The van der Waals surface area contributed by atoms with Crippen LogP contribution in [0.2, 0.25) is 0 Å². The molecule has 150 valence electrons. The molecule has 29 heavy (non-hydrogen) atoms. The van der Waals surface area contributed by atoms with E-state index in [0.29, 0.717) is 0 Å². The lowest BCUT2D eigenvalue weighted by Crippen LogP contribution is -2.44. The number of furan rings is 1. The molecule has 1 aliphatic heterocycles. The topological polar surface area (TPSA) is 60.5 Å². The predicted molar refractivity (Wildman–Crippen MR) is 114 cm³/mol. The minimum absolute atomic E-state index is 0.0866. The van der Waals surface area contributed by atoms with Crippen LogP contribution in [0.1, 0.15) is 53.1 Å². The molecule has 5 heteroatoms. The molecule has 0 spiro atoms. The second-order valence-corrected chi connectivity index (χ2v) is 7.98. The largest absolute Gasteiger partial charge is 0.442 e. The van der Waals surface area contributed by atoms with E-state index in [9.17, 15) is 4.79 Å². The van der Waals surface area contributed by atoms with E-state index in [4.69, 9.17) is 9.68 Å². The first-order valence-corrected chi connectivity index (χ1v) is 10.4. The fourth-order valence-electron chi connectivity index (χ4n) is 4.17. The van der Waals surface area contributed by atoms with Crippen molar-refractivity contribution in [2.24, 2.45) is 0 Å². The highest BCUT2D eigenvalue weighted by molar-refractivity contribution is 5.96. The summed E-state index contributed by atoms with van der Waals surface area (Å²) in [4.78, 5) is 17.6. The lowest BCUT2D eigenvalue weighted by atomic mass is 9.88. The van der Waals surface area contributed by atoms with Gasteiger partial charge in [0.15, 0.2) is 5.76 Å². The molecule has 4 rings (SSSR count). The summed E-state index contributed by atoms with van der Waals surface area (Å²) >= 11 is 0. The van der Waals surface area contributed by atoms with Gasteiger partial charge >= 0.3 is 0 Å². The lowest BCUT2D eigenvalue weighted by molar-refractivity contribution is 0.0966. The Morgan fingerprint density at radius 1 is 1.14 bits per heavy atom. The molecule has 5 nitrogen and oxygen atoms in total. The Balaban J connectivity index is 1.62. The molecule has 2 aliphatic rings. The summed E-state index contributed by atoms with van der Waals surface area (Å²) in [7, 11) is 2.16. The number of ketones is 1. The first-order valence-electron chi connectivity index (χ1n) is 10.4. The minimum Gasteiger partial charge on any atom is -0.442 e. The number of hydrogen-bond acceptors (Lipinski definition) is 5. The Morgan fingerprint density at radius 3 is 2.66 bits per heavy atom. The van der Waals surface area contributed by atoms with Crippen LogP contribution in [0.5, 0.6) is 0 Å². The SMILES string of the molecule is CN1CCN(c2ccc(CC(=O)c3ccc(C#N)o3)c(C3=CCCCC3)c2)CC1. The number of likely N-dealkylation sites (N-methyl/N-ethyl adjacent to an activating group) is 1. The Hall–Kier alpha value is -2.84. The number of rotatable bonds is 5. The third-order valence-electron chi connectivity index (χ3n) is 5.94. The molecule has 1 aromatic carbocycles. The lowest BCUT2D eigenvalue weighted by Gasteiger charge is -2.34. The maximum Gasteiger partial charge on any atom is 0.204 e. The van der Waals surface area contributed by atoms with Crippen molar-refractivity contribution in [3.63, 3.8) is 0 Å². The normalized spacial score (nSPS) is 17.7. The molecule has 0 unspecified atom stereocenters. The first-order chi connectivity index (χ1) is 14.1. The maximum atomic E-state index is 12.8. The van der Waals surface area contributed by atoms with E-state index < -0.39 is 0 Å². The van der Waals surface area contributed by atoms with Gasteiger partial charge in [-0.05, 0) is 73.7 Å². The van der Waals surface area contributed by atoms with Gasteiger partial charge in [-0.3, -0.25) is 4.79 Å². The van der Waals surface area contributed by atoms with E-state index in [1.165, 1.54) is 29.7 Å². The van der Waals surface area contributed by atoms with Crippen LogP contribution in [-0.2, 0) is 6.42 Å². The maximum absolute atomic E-state index is 12.8. The second kappa shape index (κ2) is 8.67. The zero-order valence-electron chi connectivity index (χ0n) is 17.0.